The van der Waals surface area contributed by atoms with E-state index in [9.17, 15) is 13.5 Å². The first-order valence-corrected chi connectivity index (χ1v) is 6.52. The van der Waals surface area contributed by atoms with Gasteiger partial charge in [-0.25, -0.2) is 8.42 Å². The molecule has 0 bridgehead atoms. The van der Waals surface area contributed by atoms with Crippen LogP contribution in [0, 0.1) is 0 Å². The lowest BCUT2D eigenvalue weighted by atomic mass is 9.73. The molecule has 1 aliphatic rings. The van der Waals surface area contributed by atoms with E-state index in [2.05, 4.69) is 0 Å². The van der Waals surface area contributed by atoms with Gasteiger partial charge in [0.15, 0.2) is 0 Å². The van der Waals surface area contributed by atoms with Crippen LogP contribution in [0.1, 0.15) is 25.7 Å². The van der Waals surface area contributed by atoms with E-state index >= 15 is 0 Å². The minimum Gasteiger partial charge on any atom is -0.390 e. The summed E-state index contributed by atoms with van der Waals surface area (Å²) in [6.45, 7) is 0. The molecule has 13 heavy (non-hydrogen) atoms. The lowest BCUT2D eigenvalue weighted by molar-refractivity contribution is -0.0531. The van der Waals surface area contributed by atoms with Gasteiger partial charge >= 0.3 is 0 Å². The minimum atomic E-state index is -2.89. The molecule has 0 aromatic rings. The molecule has 1 saturated carbocycles. The predicted octanol–water partition coefficient (Wildman–Crippen LogP) is -0.337. The van der Waals surface area contributed by atoms with Gasteiger partial charge in [-0.1, -0.05) is 0 Å². The van der Waals surface area contributed by atoms with Crippen molar-refractivity contribution in [2.45, 2.75) is 37.3 Å². The number of nitrogens with two attached hydrogens (primary N) is 1. The van der Waals surface area contributed by atoms with Gasteiger partial charge in [0.2, 0.25) is 0 Å². The van der Waals surface area contributed by atoms with Gasteiger partial charge in [0, 0.05) is 18.1 Å². The van der Waals surface area contributed by atoms with Crippen molar-refractivity contribution in [2.24, 2.45) is 5.73 Å². The van der Waals surface area contributed by atoms with Gasteiger partial charge in [-0.15, -0.1) is 0 Å². The highest BCUT2D eigenvalue weighted by Crippen LogP contribution is 2.34. The highest BCUT2D eigenvalue weighted by atomic mass is 32.2. The summed E-state index contributed by atoms with van der Waals surface area (Å²) < 4.78 is 21.6. The second-order valence-corrected chi connectivity index (χ2v) is 6.39. The van der Waals surface area contributed by atoms with E-state index in [0.717, 1.165) is 0 Å². The summed E-state index contributed by atoms with van der Waals surface area (Å²) in [5.41, 5.74) is 4.86. The van der Waals surface area contributed by atoms with Gasteiger partial charge in [-0.3, -0.25) is 0 Å². The van der Waals surface area contributed by atoms with Gasteiger partial charge in [-0.2, -0.15) is 0 Å². The number of hydrogen-bond acceptors (Lipinski definition) is 4. The fourth-order valence-corrected chi connectivity index (χ4v) is 2.45. The molecule has 0 aromatic carbocycles. The summed E-state index contributed by atoms with van der Waals surface area (Å²) in [7, 11) is -2.89. The lowest BCUT2D eigenvalue weighted by Crippen LogP contribution is -2.51. The zero-order valence-electron chi connectivity index (χ0n) is 7.86. The molecule has 1 fully saturated rings. The van der Waals surface area contributed by atoms with E-state index in [1.807, 2.05) is 0 Å². The van der Waals surface area contributed by atoms with Crippen molar-refractivity contribution in [1.29, 1.82) is 0 Å². The Bertz CT molecular complexity index is 267. The summed E-state index contributed by atoms with van der Waals surface area (Å²) in [5.74, 6) is 0.157. The normalized spacial score (nSPS) is 34.2. The third kappa shape index (κ3) is 3.62. The van der Waals surface area contributed by atoms with Crippen LogP contribution in [0.3, 0.4) is 0 Å². The molecule has 0 heterocycles. The first-order valence-electron chi connectivity index (χ1n) is 4.46. The molecule has 3 N–H and O–H groups in total. The molecule has 0 saturated heterocycles. The SMILES string of the molecule is CS(=O)(=O)CCCC1(O)CC(N)C1. The van der Waals surface area contributed by atoms with Crippen molar-refractivity contribution < 1.29 is 13.5 Å². The van der Waals surface area contributed by atoms with Crippen molar-refractivity contribution >= 4 is 9.84 Å². The molecule has 1 rings (SSSR count). The molecule has 0 unspecified atom stereocenters. The number of sulfone groups is 1. The van der Waals surface area contributed by atoms with Crippen LogP contribution >= 0.6 is 0 Å². The molecule has 0 aromatic heterocycles. The molecule has 0 atom stereocenters. The van der Waals surface area contributed by atoms with E-state index < -0.39 is 15.4 Å². The minimum absolute atomic E-state index is 0.100. The molecule has 0 radical (unpaired) electrons. The van der Waals surface area contributed by atoms with Gasteiger partial charge in [0.1, 0.15) is 9.84 Å². The van der Waals surface area contributed by atoms with Crippen LogP contribution in [-0.2, 0) is 9.84 Å². The standard InChI is InChI=1S/C8H17NO3S/c1-13(11,12)4-2-3-8(10)5-7(9)6-8/h7,10H,2-6,9H2,1H3. The van der Waals surface area contributed by atoms with E-state index in [0.29, 0.717) is 25.7 Å². The van der Waals surface area contributed by atoms with Crippen molar-refractivity contribution in [3.8, 4) is 0 Å². The monoisotopic (exact) mass is 207 g/mol. The number of rotatable bonds is 4. The Kier molecular flexibility index (Phi) is 2.99. The van der Waals surface area contributed by atoms with Crippen LogP contribution in [0.5, 0.6) is 0 Å². The van der Waals surface area contributed by atoms with E-state index in [1.54, 1.807) is 0 Å². The van der Waals surface area contributed by atoms with Crippen molar-refractivity contribution in [3.63, 3.8) is 0 Å². The average Bonchev–Trinajstić information content (AvgIpc) is 1.80. The van der Waals surface area contributed by atoms with Gasteiger partial charge < -0.3 is 10.8 Å². The highest BCUT2D eigenvalue weighted by molar-refractivity contribution is 7.90. The highest BCUT2D eigenvalue weighted by Gasteiger charge is 2.39. The molecular formula is C8H17NO3S. The van der Waals surface area contributed by atoms with Crippen molar-refractivity contribution in [3.05, 3.63) is 0 Å². The quantitative estimate of drug-likeness (QED) is 0.661. The Morgan fingerprint density at radius 2 is 2.08 bits per heavy atom. The topological polar surface area (TPSA) is 80.4 Å². The fraction of sp³-hybridized carbons (Fsp3) is 1.00. The first kappa shape index (κ1) is 10.9. The van der Waals surface area contributed by atoms with Gasteiger partial charge in [-0.05, 0) is 25.7 Å². The maximum atomic E-state index is 10.8. The molecular weight excluding hydrogens is 190 g/mol. The van der Waals surface area contributed by atoms with Crippen molar-refractivity contribution in [1.82, 2.24) is 0 Å². The van der Waals surface area contributed by atoms with Crippen LogP contribution in [0.25, 0.3) is 0 Å². The van der Waals surface area contributed by atoms with Crippen LogP contribution in [0.4, 0.5) is 0 Å². The molecule has 1 aliphatic carbocycles. The third-order valence-corrected chi connectivity index (χ3v) is 3.47. The third-order valence-electron chi connectivity index (χ3n) is 2.44. The largest absolute Gasteiger partial charge is 0.390 e. The smallest absolute Gasteiger partial charge is 0.147 e. The molecule has 0 aliphatic heterocycles. The first-order chi connectivity index (χ1) is 5.81. The Morgan fingerprint density at radius 1 is 1.54 bits per heavy atom. The lowest BCUT2D eigenvalue weighted by Gasteiger charge is -2.41. The van der Waals surface area contributed by atoms with Gasteiger partial charge in [0.05, 0.1) is 5.60 Å². The summed E-state index contributed by atoms with van der Waals surface area (Å²) in [4.78, 5) is 0. The second-order valence-electron chi connectivity index (χ2n) is 4.13. The predicted molar refractivity (Wildman–Crippen MR) is 51.1 cm³/mol. The maximum Gasteiger partial charge on any atom is 0.147 e. The van der Waals surface area contributed by atoms with E-state index in [4.69, 9.17) is 5.73 Å². The number of hydrogen-bond donors (Lipinski definition) is 2. The zero-order chi connectivity index (χ0) is 10.1. The Hall–Kier alpha value is -0.130. The van der Waals surface area contributed by atoms with Crippen molar-refractivity contribution in [2.75, 3.05) is 12.0 Å². The molecule has 0 amide bonds. The molecule has 78 valence electrons. The van der Waals surface area contributed by atoms with Gasteiger partial charge in [0.25, 0.3) is 0 Å². The summed E-state index contributed by atoms with van der Waals surface area (Å²) >= 11 is 0. The summed E-state index contributed by atoms with van der Waals surface area (Å²) in [5, 5.41) is 9.70. The van der Waals surface area contributed by atoms with Crippen LogP contribution in [-0.4, -0.2) is 37.2 Å². The average molecular weight is 207 g/mol. The Morgan fingerprint density at radius 3 is 2.46 bits per heavy atom. The molecule has 0 spiro atoms. The van der Waals surface area contributed by atoms with E-state index in [1.165, 1.54) is 6.26 Å². The Balaban J connectivity index is 2.21. The van der Waals surface area contributed by atoms with Crippen LogP contribution < -0.4 is 5.73 Å². The van der Waals surface area contributed by atoms with Crippen LogP contribution in [0.15, 0.2) is 0 Å². The zero-order valence-corrected chi connectivity index (χ0v) is 8.68. The summed E-state index contributed by atoms with van der Waals surface area (Å²) in [6.07, 6.45) is 3.51. The molecule has 4 nitrogen and oxygen atoms in total. The Labute approximate surface area is 79.0 Å². The fourth-order valence-electron chi connectivity index (χ4n) is 1.78. The second kappa shape index (κ2) is 3.55. The maximum absolute atomic E-state index is 10.8. The van der Waals surface area contributed by atoms with Crippen LogP contribution in [0.2, 0.25) is 0 Å². The summed E-state index contributed by atoms with van der Waals surface area (Å²) in [6, 6.07) is 0.100. The number of aliphatic hydroxyl groups is 1. The molecule has 5 heteroatoms. The van der Waals surface area contributed by atoms with E-state index in [-0.39, 0.29) is 11.8 Å².